The summed E-state index contributed by atoms with van der Waals surface area (Å²) < 4.78 is 0. The number of nitrogens with two attached hydrogens (primary N) is 1. The number of benzene rings is 1. The maximum atomic E-state index is 6.21. The third kappa shape index (κ3) is 2.38. The molecule has 1 heterocycles. The van der Waals surface area contributed by atoms with Crippen molar-refractivity contribution in [3.05, 3.63) is 46.1 Å². The van der Waals surface area contributed by atoms with E-state index in [4.69, 9.17) is 28.9 Å². The molecule has 0 bridgehead atoms. The van der Waals surface area contributed by atoms with E-state index < -0.39 is 0 Å². The summed E-state index contributed by atoms with van der Waals surface area (Å²) in [5.74, 6) is 0.517. The van der Waals surface area contributed by atoms with Gasteiger partial charge >= 0.3 is 0 Å². The Kier molecular flexibility index (Phi) is 3.55. The number of hydrogen-bond donors (Lipinski definition) is 1. The van der Waals surface area contributed by atoms with Crippen molar-refractivity contribution in [2.75, 3.05) is 5.73 Å². The van der Waals surface area contributed by atoms with Gasteiger partial charge in [0.25, 0.3) is 0 Å². The largest absolute Gasteiger partial charge is 0.384 e. The minimum Gasteiger partial charge on any atom is -0.384 e. The molecule has 1 aromatic carbocycles. The fourth-order valence-electron chi connectivity index (χ4n) is 1.74. The van der Waals surface area contributed by atoms with Crippen molar-refractivity contribution in [2.24, 2.45) is 0 Å². The highest BCUT2D eigenvalue weighted by Crippen LogP contribution is 2.35. The summed E-state index contributed by atoms with van der Waals surface area (Å²) in [5.41, 5.74) is 8.48. The zero-order valence-corrected chi connectivity index (χ0v) is 10.9. The molecular formula is C13H12Cl2N2. The van der Waals surface area contributed by atoms with Crippen molar-refractivity contribution in [2.45, 2.75) is 13.3 Å². The van der Waals surface area contributed by atoms with E-state index in [-0.39, 0.29) is 0 Å². The molecule has 88 valence electrons. The molecule has 2 N–H and O–H groups in total. The second-order valence-electron chi connectivity index (χ2n) is 3.69. The molecule has 0 radical (unpaired) electrons. The molecule has 4 heteroatoms. The van der Waals surface area contributed by atoms with Gasteiger partial charge in [-0.05, 0) is 24.6 Å². The number of nitrogens with zero attached hydrogens (tertiary/aromatic N) is 1. The Hall–Kier alpha value is -1.25. The van der Waals surface area contributed by atoms with Gasteiger partial charge in [-0.3, -0.25) is 0 Å². The van der Waals surface area contributed by atoms with E-state index in [9.17, 15) is 0 Å². The Morgan fingerprint density at radius 3 is 2.59 bits per heavy atom. The number of aryl methyl sites for hydroxylation is 1. The molecule has 0 spiro atoms. The van der Waals surface area contributed by atoms with Crippen LogP contribution in [0.2, 0.25) is 10.0 Å². The fraction of sp³-hybridized carbons (Fsp3) is 0.154. The number of pyridine rings is 1. The first-order valence-corrected chi connectivity index (χ1v) is 6.09. The lowest BCUT2D eigenvalue weighted by molar-refractivity contribution is 1.04. The van der Waals surface area contributed by atoms with Gasteiger partial charge in [0.15, 0.2) is 0 Å². The Morgan fingerprint density at radius 2 is 1.88 bits per heavy atom. The van der Waals surface area contributed by atoms with Crippen molar-refractivity contribution in [1.82, 2.24) is 4.98 Å². The van der Waals surface area contributed by atoms with E-state index in [1.807, 2.05) is 25.1 Å². The van der Waals surface area contributed by atoms with Crippen LogP contribution in [0.3, 0.4) is 0 Å². The molecule has 2 aromatic rings. The van der Waals surface area contributed by atoms with Crippen LogP contribution in [-0.4, -0.2) is 4.98 Å². The molecule has 0 unspecified atom stereocenters. The van der Waals surface area contributed by atoms with E-state index in [1.165, 1.54) is 0 Å². The predicted octanol–water partition coefficient (Wildman–Crippen LogP) is 4.20. The van der Waals surface area contributed by atoms with Gasteiger partial charge in [-0.15, -0.1) is 0 Å². The minimum absolute atomic E-state index is 0.517. The summed E-state index contributed by atoms with van der Waals surface area (Å²) in [6.45, 7) is 2.03. The summed E-state index contributed by atoms with van der Waals surface area (Å²) in [7, 11) is 0. The fourth-order valence-corrected chi connectivity index (χ4v) is 2.15. The van der Waals surface area contributed by atoms with Gasteiger partial charge < -0.3 is 5.73 Å². The van der Waals surface area contributed by atoms with Gasteiger partial charge in [-0.2, -0.15) is 0 Å². The highest BCUT2D eigenvalue weighted by molar-refractivity contribution is 6.43. The first-order valence-electron chi connectivity index (χ1n) is 5.33. The van der Waals surface area contributed by atoms with E-state index >= 15 is 0 Å². The van der Waals surface area contributed by atoms with Gasteiger partial charge in [-0.25, -0.2) is 4.98 Å². The zero-order valence-electron chi connectivity index (χ0n) is 9.37. The number of aromatic nitrogens is 1. The Balaban J connectivity index is 2.64. The van der Waals surface area contributed by atoms with Crippen molar-refractivity contribution >= 4 is 29.0 Å². The molecule has 2 nitrogen and oxygen atoms in total. The quantitative estimate of drug-likeness (QED) is 0.885. The molecule has 2 rings (SSSR count). The molecule has 0 atom stereocenters. The SMILES string of the molecule is CCc1nc(N)ccc1-c1cccc(Cl)c1Cl. The molecule has 0 amide bonds. The summed E-state index contributed by atoms with van der Waals surface area (Å²) in [4.78, 5) is 4.31. The van der Waals surface area contributed by atoms with E-state index in [0.717, 1.165) is 23.2 Å². The van der Waals surface area contributed by atoms with Crippen LogP contribution in [0, 0.1) is 0 Å². The van der Waals surface area contributed by atoms with E-state index in [2.05, 4.69) is 4.98 Å². The zero-order chi connectivity index (χ0) is 12.4. The number of halogens is 2. The van der Waals surface area contributed by atoms with Gasteiger partial charge in [0.05, 0.1) is 15.7 Å². The first-order chi connectivity index (χ1) is 8.13. The third-order valence-electron chi connectivity index (χ3n) is 2.57. The van der Waals surface area contributed by atoms with Gasteiger partial charge in [0.2, 0.25) is 0 Å². The average Bonchev–Trinajstić information content (AvgIpc) is 2.33. The maximum absolute atomic E-state index is 6.21. The number of anilines is 1. The van der Waals surface area contributed by atoms with Gasteiger partial charge in [0, 0.05) is 11.1 Å². The Morgan fingerprint density at radius 1 is 1.12 bits per heavy atom. The smallest absolute Gasteiger partial charge is 0.123 e. The van der Waals surface area contributed by atoms with Crippen LogP contribution in [0.5, 0.6) is 0 Å². The van der Waals surface area contributed by atoms with Crippen LogP contribution in [0.1, 0.15) is 12.6 Å². The summed E-state index contributed by atoms with van der Waals surface area (Å²) in [6.07, 6.45) is 0.795. The van der Waals surface area contributed by atoms with E-state index in [1.54, 1.807) is 12.1 Å². The lowest BCUT2D eigenvalue weighted by atomic mass is 10.0. The van der Waals surface area contributed by atoms with Gasteiger partial charge in [0.1, 0.15) is 5.82 Å². The Labute approximate surface area is 110 Å². The van der Waals surface area contributed by atoms with Crippen molar-refractivity contribution in [3.8, 4) is 11.1 Å². The summed E-state index contributed by atoms with van der Waals surface area (Å²) in [5, 5.41) is 1.10. The molecule has 0 aliphatic carbocycles. The lowest BCUT2D eigenvalue weighted by Gasteiger charge is -2.10. The molecule has 1 aromatic heterocycles. The number of nitrogen functional groups attached to an aromatic ring is 1. The molecule has 0 saturated heterocycles. The molecule has 0 saturated carbocycles. The van der Waals surface area contributed by atoms with Crippen LogP contribution in [0.4, 0.5) is 5.82 Å². The Bertz CT molecular complexity index is 553. The van der Waals surface area contributed by atoms with Crippen molar-refractivity contribution in [1.29, 1.82) is 0 Å². The van der Waals surface area contributed by atoms with Gasteiger partial charge in [-0.1, -0.05) is 42.3 Å². The molecule has 0 aliphatic rings. The number of hydrogen-bond acceptors (Lipinski definition) is 2. The van der Waals surface area contributed by atoms with Crippen LogP contribution < -0.4 is 5.73 Å². The second kappa shape index (κ2) is 4.94. The maximum Gasteiger partial charge on any atom is 0.123 e. The predicted molar refractivity (Wildman–Crippen MR) is 73.5 cm³/mol. The lowest BCUT2D eigenvalue weighted by Crippen LogP contribution is -1.97. The highest BCUT2D eigenvalue weighted by Gasteiger charge is 2.11. The van der Waals surface area contributed by atoms with E-state index in [0.29, 0.717) is 15.9 Å². The standard InChI is InChI=1S/C13H12Cl2N2/c1-2-11-8(6-7-12(16)17-11)9-4-3-5-10(14)13(9)15/h3-7H,2H2,1H3,(H2,16,17). The normalized spacial score (nSPS) is 10.5. The topological polar surface area (TPSA) is 38.9 Å². The van der Waals surface area contributed by atoms with Crippen LogP contribution in [0.25, 0.3) is 11.1 Å². The molecule has 0 fully saturated rings. The van der Waals surface area contributed by atoms with Crippen LogP contribution in [-0.2, 0) is 6.42 Å². The molecule has 17 heavy (non-hydrogen) atoms. The molecule has 0 aliphatic heterocycles. The molecular weight excluding hydrogens is 255 g/mol. The second-order valence-corrected chi connectivity index (χ2v) is 4.47. The van der Waals surface area contributed by atoms with Crippen molar-refractivity contribution in [3.63, 3.8) is 0 Å². The van der Waals surface area contributed by atoms with Crippen LogP contribution in [0.15, 0.2) is 30.3 Å². The first kappa shape index (κ1) is 12.2. The summed E-state index contributed by atoms with van der Waals surface area (Å²) >= 11 is 12.2. The van der Waals surface area contributed by atoms with Crippen LogP contribution >= 0.6 is 23.2 Å². The monoisotopic (exact) mass is 266 g/mol. The average molecular weight is 267 g/mol. The number of rotatable bonds is 2. The van der Waals surface area contributed by atoms with Crippen molar-refractivity contribution < 1.29 is 0 Å². The summed E-state index contributed by atoms with van der Waals surface area (Å²) in [6, 6.07) is 9.27. The minimum atomic E-state index is 0.517. The highest BCUT2D eigenvalue weighted by atomic mass is 35.5. The third-order valence-corrected chi connectivity index (χ3v) is 3.39.